The molecule has 0 saturated carbocycles. The number of hydrogen-bond acceptors (Lipinski definition) is 3. The summed E-state index contributed by atoms with van der Waals surface area (Å²) in [4.78, 5) is 0. The normalized spacial score (nSPS) is 15.6. The molecule has 2 rings (SSSR count). The van der Waals surface area contributed by atoms with E-state index in [9.17, 15) is 5.11 Å². The first-order chi connectivity index (χ1) is 6.79. The summed E-state index contributed by atoms with van der Waals surface area (Å²) in [6, 6.07) is 5.79. The molecule has 0 aromatic heterocycles. The summed E-state index contributed by atoms with van der Waals surface area (Å²) in [6.07, 6.45) is 1.18. The van der Waals surface area contributed by atoms with Crippen molar-refractivity contribution in [2.45, 2.75) is 25.9 Å². The van der Waals surface area contributed by atoms with E-state index in [1.807, 2.05) is 25.1 Å². The zero-order chi connectivity index (χ0) is 9.97. The van der Waals surface area contributed by atoms with Gasteiger partial charge in [0, 0.05) is 0 Å². The quantitative estimate of drug-likeness (QED) is 0.796. The molecule has 0 aliphatic carbocycles. The van der Waals surface area contributed by atoms with Gasteiger partial charge in [-0.15, -0.1) is 0 Å². The first-order valence-corrected chi connectivity index (χ1v) is 4.86. The van der Waals surface area contributed by atoms with Crippen LogP contribution in [-0.4, -0.2) is 18.0 Å². The Morgan fingerprint density at radius 2 is 2.14 bits per heavy atom. The molecule has 0 bridgehead atoms. The van der Waals surface area contributed by atoms with Crippen molar-refractivity contribution >= 4 is 0 Å². The van der Waals surface area contributed by atoms with Crippen molar-refractivity contribution in [1.82, 2.24) is 0 Å². The zero-order valence-electron chi connectivity index (χ0n) is 8.19. The van der Waals surface area contributed by atoms with Crippen LogP contribution in [-0.2, 0) is 6.42 Å². The molecule has 1 atom stereocenters. The topological polar surface area (TPSA) is 38.7 Å². The van der Waals surface area contributed by atoms with Crippen LogP contribution in [0.5, 0.6) is 11.5 Å². The van der Waals surface area contributed by atoms with Gasteiger partial charge in [0.15, 0.2) is 11.5 Å². The van der Waals surface area contributed by atoms with Crippen LogP contribution in [0.3, 0.4) is 0 Å². The van der Waals surface area contributed by atoms with Gasteiger partial charge >= 0.3 is 0 Å². The fraction of sp³-hybridized carbons (Fsp3) is 0.455. The molecule has 0 fully saturated rings. The van der Waals surface area contributed by atoms with Crippen LogP contribution in [0.4, 0.5) is 0 Å². The van der Waals surface area contributed by atoms with Gasteiger partial charge in [-0.3, -0.25) is 0 Å². The fourth-order valence-electron chi connectivity index (χ4n) is 1.48. The van der Waals surface area contributed by atoms with Gasteiger partial charge in [0.2, 0.25) is 6.79 Å². The number of ether oxygens (including phenoxy) is 2. The third kappa shape index (κ3) is 1.82. The molecule has 0 saturated heterocycles. The van der Waals surface area contributed by atoms with Crippen LogP contribution in [0.2, 0.25) is 0 Å². The Hall–Kier alpha value is -1.22. The van der Waals surface area contributed by atoms with Gasteiger partial charge in [-0.05, 0) is 30.5 Å². The predicted octanol–water partition coefficient (Wildman–Crippen LogP) is 1.73. The van der Waals surface area contributed by atoms with Crippen molar-refractivity contribution in [3.05, 3.63) is 23.8 Å². The third-order valence-electron chi connectivity index (χ3n) is 2.38. The van der Waals surface area contributed by atoms with E-state index in [1.165, 1.54) is 0 Å². The van der Waals surface area contributed by atoms with Crippen molar-refractivity contribution in [2.75, 3.05) is 6.79 Å². The zero-order valence-corrected chi connectivity index (χ0v) is 8.19. The van der Waals surface area contributed by atoms with E-state index in [1.54, 1.807) is 0 Å². The molecule has 1 aliphatic heterocycles. The number of fused-ring (bicyclic) bond motifs is 1. The van der Waals surface area contributed by atoms with Crippen molar-refractivity contribution < 1.29 is 14.6 Å². The number of aliphatic hydroxyl groups is 1. The van der Waals surface area contributed by atoms with E-state index < -0.39 is 0 Å². The first-order valence-electron chi connectivity index (χ1n) is 4.86. The lowest BCUT2D eigenvalue weighted by atomic mass is 10.1. The van der Waals surface area contributed by atoms with E-state index in [2.05, 4.69) is 0 Å². The van der Waals surface area contributed by atoms with Crippen molar-refractivity contribution in [3.8, 4) is 11.5 Å². The van der Waals surface area contributed by atoms with E-state index in [0.29, 0.717) is 13.2 Å². The second kappa shape index (κ2) is 3.88. The van der Waals surface area contributed by atoms with Crippen molar-refractivity contribution in [1.29, 1.82) is 0 Å². The molecule has 0 amide bonds. The Morgan fingerprint density at radius 1 is 1.36 bits per heavy atom. The molecule has 1 heterocycles. The Kier molecular flexibility index (Phi) is 2.59. The van der Waals surface area contributed by atoms with E-state index in [0.717, 1.165) is 23.5 Å². The summed E-state index contributed by atoms with van der Waals surface area (Å²) in [6.45, 7) is 2.27. The molecule has 14 heavy (non-hydrogen) atoms. The fourth-order valence-corrected chi connectivity index (χ4v) is 1.48. The van der Waals surface area contributed by atoms with Gasteiger partial charge in [-0.2, -0.15) is 0 Å². The summed E-state index contributed by atoms with van der Waals surface area (Å²) in [5.41, 5.74) is 1.09. The Labute approximate surface area is 83.3 Å². The smallest absolute Gasteiger partial charge is 0.231 e. The largest absolute Gasteiger partial charge is 0.454 e. The van der Waals surface area contributed by atoms with Crippen molar-refractivity contribution in [2.24, 2.45) is 0 Å². The number of rotatable bonds is 3. The van der Waals surface area contributed by atoms with Crippen molar-refractivity contribution in [3.63, 3.8) is 0 Å². The number of benzene rings is 1. The standard InChI is InChI=1S/C11H14O3/c1-2-9(12)5-8-3-4-10-11(6-8)14-7-13-10/h3-4,6,9,12H,2,5,7H2,1H3/t9-/m0/s1. The predicted molar refractivity (Wildman–Crippen MR) is 52.6 cm³/mol. The lowest BCUT2D eigenvalue weighted by Crippen LogP contribution is -2.08. The second-order valence-electron chi connectivity index (χ2n) is 3.45. The molecule has 1 aromatic carbocycles. The second-order valence-corrected chi connectivity index (χ2v) is 3.45. The molecule has 0 radical (unpaired) electrons. The molecule has 0 unspecified atom stereocenters. The summed E-state index contributed by atoms with van der Waals surface area (Å²) in [5.74, 6) is 1.57. The SMILES string of the molecule is CC[C@H](O)Cc1ccc2c(c1)OCO2. The summed E-state index contributed by atoms with van der Waals surface area (Å²) in [5, 5.41) is 9.49. The van der Waals surface area contributed by atoms with Crippen LogP contribution in [0.15, 0.2) is 18.2 Å². The minimum atomic E-state index is -0.268. The number of aliphatic hydroxyl groups excluding tert-OH is 1. The van der Waals surface area contributed by atoms with E-state index >= 15 is 0 Å². The minimum Gasteiger partial charge on any atom is -0.454 e. The van der Waals surface area contributed by atoms with Crippen LogP contribution in [0, 0.1) is 0 Å². The van der Waals surface area contributed by atoms with Crippen LogP contribution < -0.4 is 9.47 Å². The Balaban J connectivity index is 2.12. The maximum atomic E-state index is 9.49. The molecule has 0 spiro atoms. The highest BCUT2D eigenvalue weighted by Crippen LogP contribution is 2.32. The maximum absolute atomic E-state index is 9.49. The molecule has 1 aromatic rings. The first kappa shape index (κ1) is 9.34. The van der Waals surface area contributed by atoms with Gasteiger partial charge in [-0.25, -0.2) is 0 Å². The Bertz CT molecular complexity index is 322. The van der Waals surface area contributed by atoms with Crippen LogP contribution in [0.25, 0.3) is 0 Å². The molecule has 1 N–H and O–H groups in total. The number of hydrogen-bond donors (Lipinski definition) is 1. The lowest BCUT2D eigenvalue weighted by Gasteiger charge is -2.07. The minimum absolute atomic E-state index is 0.268. The molecular formula is C11H14O3. The van der Waals surface area contributed by atoms with Gasteiger partial charge in [0.25, 0.3) is 0 Å². The Morgan fingerprint density at radius 3 is 2.93 bits per heavy atom. The molecular weight excluding hydrogens is 180 g/mol. The maximum Gasteiger partial charge on any atom is 0.231 e. The average molecular weight is 194 g/mol. The molecule has 1 aliphatic rings. The summed E-state index contributed by atoms with van der Waals surface area (Å²) in [7, 11) is 0. The van der Waals surface area contributed by atoms with Gasteiger partial charge in [0.1, 0.15) is 0 Å². The lowest BCUT2D eigenvalue weighted by molar-refractivity contribution is 0.170. The van der Waals surface area contributed by atoms with Crippen LogP contribution in [0.1, 0.15) is 18.9 Å². The average Bonchev–Trinajstić information content (AvgIpc) is 2.64. The van der Waals surface area contributed by atoms with E-state index in [-0.39, 0.29) is 6.10 Å². The van der Waals surface area contributed by atoms with Gasteiger partial charge < -0.3 is 14.6 Å². The summed E-state index contributed by atoms with van der Waals surface area (Å²) < 4.78 is 10.5. The molecule has 3 heteroatoms. The van der Waals surface area contributed by atoms with Gasteiger partial charge in [0.05, 0.1) is 6.10 Å². The third-order valence-corrected chi connectivity index (χ3v) is 2.38. The van der Waals surface area contributed by atoms with Gasteiger partial charge in [-0.1, -0.05) is 13.0 Å². The highest BCUT2D eigenvalue weighted by atomic mass is 16.7. The van der Waals surface area contributed by atoms with E-state index in [4.69, 9.17) is 9.47 Å². The molecule has 3 nitrogen and oxygen atoms in total. The highest BCUT2D eigenvalue weighted by Gasteiger charge is 2.13. The van der Waals surface area contributed by atoms with Crippen LogP contribution >= 0.6 is 0 Å². The monoisotopic (exact) mass is 194 g/mol. The highest BCUT2D eigenvalue weighted by molar-refractivity contribution is 5.44. The summed E-state index contributed by atoms with van der Waals surface area (Å²) >= 11 is 0. The molecule has 76 valence electrons.